The van der Waals surface area contributed by atoms with Crippen molar-refractivity contribution in [3.8, 4) is 33.4 Å². The fraction of sp³-hybridized carbons (Fsp3) is 0.0323. The van der Waals surface area contributed by atoms with Crippen molar-refractivity contribution in [2.24, 2.45) is 0 Å². The molecule has 0 fully saturated rings. The van der Waals surface area contributed by atoms with Crippen molar-refractivity contribution in [1.29, 1.82) is 0 Å². The second-order valence-electron chi connectivity index (χ2n) is 17.5. The number of nitrogens with zero attached hydrogens (tertiary/aromatic N) is 1. The van der Waals surface area contributed by atoms with E-state index in [0.29, 0.717) is 0 Å². The van der Waals surface area contributed by atoms with Crippen molar-refractivity contribution in [2.45, 2.75) is 10.8 Å². The fourth-order valence-electron chi connectivity index (χ4n) is 12.2. The standard InChI is InChI=1S/C62H39NS/c1-3-18-40(19-4-1)61(41-20-5-2-6-21-41)51-27-12-9-24-46(51)50-38-42(35-37-55(50)61)63(43-34-36-48-47-25-11-16-33-58(47)64-59(48)39-43)57-32-17-31-56-60(57)49-26-10-15-30-54(49)62(56)52-28-13-7-22-44(52)45-23-8-14-29-53(45)62/h1-39H. The zero-order valence-electron chi connectivity index (χ0n) is 34.9. The molecule has 10 aromatic carbocycles. The summed E-state index contributed by atoms with van der Waals surface area (Å²) in [6.45, 7) is 0. The number of thiophene rings is 1. The first kappa shape index (κ1) is 35.8. The van der Waals surface area contributed by atoms with Gasteiger partial charge in [0.2, 0.25) is 0 Å². The van der Waals surface area contributed by atoms with Gasteiger partial charge in [0.25, 0.3) is 0 Å². The second kappa shape index (κ2) is 13.4. The van der Waals surface area contributed by atoms with Crippen molar-refractivity contribution in [3.05, 3.63) is 281 Å². The quantitative estimate of drug-likeness (QED) is 0.167. The SMILES string of the molecule is c1ccc(C2(c3ccccc3)c3ccccc3-c3cc(N(c4ccc5c(c4)sc4ccccc45)c4cccc5c4-c4ccccc4C54c5ccccc5-c5ccccc54)ccc32)cc1. The molecule has 1 aromatic heterocycles. The Morgan fingerprint density at radius 2 is 0.766 bits per heavy atom. The lowest BCUT2D eigenvalue weighted by Gasteiger charge is -2.34. The van der Waals surface area contributed by atoms with Crippen LogP contribution in [0.5, 0.6) is 0 Å². The first-order chi connectivity index (χ1) is 31.8. The maximum absolute atomic E-state index is 2.55. The maximum atomic E-state index is 2.55. The number of fused-ring (bicyclic) bond motifs is 16. The molecule has 14 rings (SSSR count). The summed E-state index contributed by atoms with van der Waals surface area (Å²) >= 11 is 1.88. The summed E-state index contributed by atoms with van der Waals surface area (Å²) in [6, 6.07) is 88.9. The van der Waals surface area contributed by atoms with Gasteiger partial charge in [-0.3, -0.25) is 0 Å². The van der Waals surface area contributed by atoms with Crippen LogP contribution in [-0.4, -0.2) is 0 Å². The van der Waals surface area contributed by atoms with E-state index in [4.69, 9.17) is 0 Å². The third-order valence-electron chi connectivity index (χ3n) is 14.6. The highest BCUT2D eigenvalue weighted by Crippen LogP contribution is 2.65. The van der Waals surface area contributed by atoms with E-state index < -0.39 is 10.8 Å². The summed E-state index contributed by atoms with van der Waals surface area (Å²) in [7, 11) is 0. The lowest BCUT2D eigenvalue weighted by atomic mass is 9.68. The van der Waals surface area contributed by atoms with E-state index in [2.05, 4.69) is 241 Å². The van der Waals surface area contributed by atoms with E-state index in [-0.39, 0.29) is 0 Å². The van der Waals surface area contributed by atoms with Crippen LogP contribution in [0.2, 0.25) is 0 Å². The van der Waals surface area contributed by atoms with Crippen molar-refractivity contribution < 1.29 is 0 Å². The van der Waals surface area contributed by atoms with Crippen molar-refractivity contribution in [3.63, 3.8) is 0 Å². The first-order valence-corrected chi connectivity index (χ1v) is 23.1. The number of hydrogen-bond donors (Lipinski definition) is 0. The average molecular weight is 830 g/mol. The normalized spacial score (nSPS) is 14.2. The minimum atomic E-state index is -0.476. The Bertz CT molecular complexity index is 3610. The highest BCUT2D eigenvalue weighted by atomic mass is 32.1. The van der Waals surface area contributed by atoms with Crippen LogP contribution in [0.1, 0.15) is 44.5 Å². The van der Waals surface area contributed by atoms with Gasteiger partial charge in [-0.1, -0.05) is 200 Å². The minimum Gasteiger partial charge on any atom is -0.310 e. The lowest BCUT2D eigenvalue weighted by Crippen LogP contribution is -2.28. The molecule has 0 saturated heterocycles. The predicted octanol–water partition coefficient (Wildman–Crippen LogP) is 16.2. The Balaban J connectivity index is 1.07. The molecule has 0 radical (unpaired) electrons. The molecule has 64 heavy (non-hydrogen) atoms. The van der Waals surface area contributed by atoms with Gasteiger partial charge < -0.3 is 4.90 Å². The summed E-state index contributed by atoms with van der Waals surface area (Å²) in [6.07, 6.45) is 0. The van der Waals surface area contributed by atoms with Gasteiger partial charge in [0.1, 0.15) is 0 Å². The molecule has 0 N–H and O–H groups in total. The number of anilines is 3. The Labute approximate surface area is 376 Å². The predicted molar refractivity (Wildman–Crippen MR) is 268 cm³/mol. The molecule has 0 amide bonds. The Kier molecular flexibility index (Phi) is 7.47. The largest absolute Gasteiger partial charge is 0.310 e. The summed E-state index contributed by atoms with van der Waals surface area (Å²) in [5.41, 5.74) is 20.8. The molecule has 1 spiro atoms. The first-order valence-electron chi connectivity index (χ1n) is 22.3. The maximum Gasteiger partial charge on any atom is 0.0726 e. The van der Waals surface area contributed by atoms with Crippen molar-refractivity contribution in [1.82, 2.24) is 0 Å². The lowest BCUT2D eigenvalue weighted by molar-refractivity contribution is 0.768. The molecule has 3 aliphatic carbocycles. The smallest absolute Gasteiger partial charge is 0.0726 e. The number of rotatable bonds is 5. The van der Waals surface area contributed by atoms with Gasteiger partial charge in [-0.05, 0) is 109 Å². The van der Waals surface area contributed by atoms with Crippen LogP contribution in [0.15, 0.2) is 237 Å². The van der Waals surface area contributed by atoms with Crippen LogP contribution >= 0.6 is 11.3 Å². The highest BCUT2D eigenvalue weighted by molar-refractivity contribution is 7.25. The van der Waals surface area contributed by atoms with Gasteiger partial charge in [0.05, 0.1) is 16.5 Å². The Morgan fingerprint density at radius 1 is 0.297 bits per heavy atom. The third-order valence-corrected chi connectivity index (χ3v) is 15.7. The summed E-state index contributed by atoms with van der Waals surface area (Å²) in [4.78, 5) is 2.55. The molecule has 0 bridgehead atoms. The van der Waals surface area contributed by atoms with Gasteiger partial charge >= 0.3 is 0 Å². The van der Waals surface area contributed by atoms with E-state index in [1.54, 1.807) is 0 Å². The van der Waals surface area contributed by atoms with E-state index >= 15 is 0 Å². The van der Waals surface area contributed by atoms with Crippen LogP contribution in [0, 0.1) is 0 Å². The molecule has 298 valence electrons. The van der Waals surface area contributed by atoms with Gasteiger partial charge in [-0.2, -0.15) is 0 Å². The summed E-state index contributed by atoms with van der Waals surface area (Å²) in [5, 5.41) is 2.60. The molecular weight excluding hydrogens is 791 g/mol. The van der Waals surface area contributed by atoms with Gasteiger partial charge in [-0.25, -0.2) is 0 Å². The molecule has 3 aliphatic rings. The van der Waals surface area contributed by atoms with Gasteiger partial charge in [0.15, 0.2) is 0 Å². The van der Waals surface area contributed by atoms with Crippen LogP contribution in [0.3, 0.4) is 0 Å². The fourth-order valence-corrected chi connectivity index (χ4v) is 13.3. The topological polar surface area (TPSA) is 3.24 Å². The Morgan fingerprint density at radius 3 is 1.44 bits per heavy atom. The monoisotopic (exact) mass is 829 g/mol. The average Bonchev–Trinajstić information content (AvgIpc) is 4.07. The molecule has 11 aromatic rings. The van der Waals surface area contributed by atoms with E-state index in [9.17, 15) is 0 Å². The van der Waals surface area contributed by atoms with E-state index in [1.165, 1.54) is 104 Å². The zero-order chi connectivity index (χ0) is 42.0. The summed E-state index contributed by atoms with van der Waals surface area (Å²) < 4.78 is 2.59. The van der Waals surface area contributed by atoms with Crippen LogP contribution < -0.4 is 4.90 Å². The molecule has 1 nitrogen and oxygen atoms in total. The Hall–Kier alpha value is -7.78. The van der Waals surface area contributed by atoms with Crippen LogP contribution in [0.25, 0.3) is 53.6 Å². The van der Waals surface area contributed by atoms with Crippen molar-refractivity contribution in [2.75, 3.05) is 4.90 Å². The van der Waals surface area contributed by atoms with Gasteiger partial charge in [-0.15, -0.1) is 11.3 Å². The number of benzene rings is 10. The van der Waals surface area contributed by atoms with Crippen LogP contribution in [0.4, 0.5) is 17.1 Å². The summed E-state index contributed by atoms with van der Waals surface area (Å²) in [5.74, 6) is 0. The highest BCUT2D eigenvalue weighted by Gasteiger charge is 2.52. The molecule has 2 heteroatoms. The van der Waals surface area contributed by atoms with E-state index in [1.807, 2.05) is 11.3 Å². The molecule has 0 atom stereocenters. The van der Waals surface area contributed by atoms with E-state index in [0.717, 1.165) is 11.4 Å². The van der Waals surface area contributed by atoms with Crippen LogP contribution in [-0.2, 0) is 10.8 Å². The van der Waals surface area contributed by atoms with Crippen molar-refractivity contribution >= 4 is 48.6 Å². The minimum absolute atomic E-state index is 0.446. The second-order valence-corrected chi connectivity index (χ2v) is 18.5. The molecule has 0 saturated carbocycles. The zero-order valence-corrected chi connectivity index (χ0v) is 35.7. The molecule has 0 aliphatic heterocycles. The third kappa shape index (κ3) is 4.57. The van der Waals surface area contributed by atoms with Gasteiger partial charge in [0, 0.05) is 37.1 Å². The molecule has 0 unspecified atom stereocenters. The molecular formula is C62H39NS. The molecule has 1 heterocycles. The number of hydrogen-bond acceptors (Lipinski definition) is 2.